The van der Waals surface area contributed by atoms with E-state index in [1.54, 1.807) is 29.6 Å². The van der Waals surface area contributed by atoms with Gasteiger partial charge < -0.3 is 5.32 Å². The lowest BCUT2D eigenvalue weighted by molar-refractivity contribution is 0.448. The molecule has 1 N–H and O–H groups in total. The monoisotopic (exact) mass is 414 g/mol. The van der Waals surface area contributed by atoms with Crippen molar-refractivity contribution in [2.75, 3.05) is 5.32 Å². The fourth-order valence-electron chi connectivity index (χ4n) is 2.26. The van der Waals surface area contributed by atoms with Crippen LogP contribution in [0.5, 0.6) is 0 Å². The Morgan fingerprint density at radius 2 is 1.81 bits per heavy atom. The number of thiocarbonyl (C=S) groups is 1. The minimum atomic E-state index is 0.435. The normalized spacial score (nSPS) is 10.7. The van der Waals surface area contributed by atoms with E-state index < -0.39 is 0 Å². The SMILES string of the molecule is S=C(Nc1ccc(Cl)c(Cl)c1)N(Cc1ccccc1)/N=C\c1ccccn1. The molecule has 3 aromatic rings. The molecular formula is C20H16Cl2N4S. The van der Waals surface area contributed by atoms with Gasteiger partial charge in [0.25, 0.3) is 0 Å². The largest absolute Gasteiger partial charge is 0.331 e. The highest BCUT2D eigenvalue weighted by Crippen LogP contribution is 2.25. The van der Waals surface area contributed by atoms with E-state index in [1.807, 2.05) is 54.6 Å². The molecule has 0 saturated carbocycles. The van der Waals surface area contributed by atoms with Gasteiger partial charge >= 0.3 is 0 Å². The van der Waals surface area contributed by atoms with Gasteiger partial charge in [0, 0.05) is 11.9 Å². The Balaban J connectivity index is 1.80. The summed E-state index contributed by atoms with van der Waals surface area (Å²) in [6, 6.07) is 20.8. The van der Waals surface area contributed by atoms with Crippen LogP contribution in [0.1, 0.15) is 11.3 Å². The molecule has 136 valence electrons. The Morgan fingerprint density at radius 3 is 2.52 bits per heavy atom. The van der Waals surface area contributed by atoms with Gasteiger partial charge in [0.2, 0.25) is 0 Å². The first-order valence-corrected chi connectivity index (χ1v) is 9.31. The molecule has 2 aromatic carbocycles. The van der Waals surface area contributed by atoms with Gasteiger partial charge in [0.1, 0.15) is 0 Å². The maximum atomic E-state index is 6.08. The van der Waals surface area contributed by atoms with Crippen LogP contribution >= 0.6 is 35.4 Å². The van der Waals surface area contributed by atoms with Gasteiger partial charge in [-0.05, 0) is 48.1 Å². The van der Waals surface area contributed by atoms with Gasteiger partial charge in [-0.15, -0.1) is 0 Å². The smallest absolute Gasteiger partial charge is 0.194 e. The molecule has 3 rings (SSSR count). The summed E-state index contributed by atoms with van der Waals surface area (Å²) in [6.45, 7) is 0.511. The van der Waals surface area contributed by atoms with Crippen molar-refractivity contribution < 1.29 is 0 Å². The van der Waals surface area contributed by atoms with Crippen molar-refractivity contribution in [2.24, 2.45) is 5.10 Å². The summed E-state index contributed by atoms with van der Waals surface area (Å²) in [7, 11) is 0. The quantitative estimate of drug-likeness (QED) is 0.334. The topological polar surface area (TPSA) is 40.5 Å². The van der Waals surface area contributed by atoms with Gasteiger partial charge in [-0.3, -0.25) is 4.98 Å². The van der Waals surface area contributed by atoms with Gasteiger partial charge in [0.15, 0.2) is 5.11 Å². The van der Waals surface area contributed by atoms with E-state index in [0.29, 0.717) is 21.7 Å². The van der Waals surface area contributed by atoms with E-state index in [2.05, 4.69) is 15.4 Å². The van der Waals surface area contributed by atoms with Crippen LogP contribution in [0.3, 0.4) is 0 Å². The third-order valence-corrected chi connectivity index (χ3v) is 4.65. The summed E-state index contributed by atoms with van der Waals surface area (Å²) in [6.07, 6.45) is 3.39. The Morgan fingerprint density at radius 1 is 1.04 bits per heavy atom. The number of pyridine rings is 1. The second kappa shape index (κ2) is 9.46. The van der Waals surface area contributed by atoms with E-state index in [1.165, 1.54) is 0 Å². The Bertz CT molecular complexity index is 933. The first kappa shape index (κ1) is 19.3. The molecule has 1 heterocycles. The van der Waals surface area contributed by atoms with E-state index in [9.17, 15) is 0 Å². The zero-order valence-electron chi connectivity index (χ0n) is 14.2. The maximum absolute atomic E-state index is 6.08. The summed E-state index contributed by atoms with van der Waals surface area (Å²) < 4.78 is 0. The predicted octanol–water partition coefficient (Wildman–Crippen LogP) is 5.62. The van der Waals surface area contributed by atoms with E-state index in [0.717, 1.165) is 16.9 Å². The molecule has 0 fully saturated rings. The van der Waals surface area contributed by atoms with Crippen LogP contribution in [0.2, 0.25) is 10.0 Å². The fourth-order valence-corrected chi connectivity index (χ4v) is 2.79. The average molecular weight is 415 g/mol. The Kier molecular flexibility index (Phi) is 6.76. The van der Waals surface area contributed by atoms with Gasteiger partial charge in [-0.25, -0.2) is 5.01 Å². The van der Waals surface area contributed by atoms with Gasteiger partial charge in [0.05, 0.1) is 28.5 Å². The van der Waals surface area contributed by atoms with Crippen molar-refractivity contribution in [3.63, 3.8) is 0 Å². The second-order valence-electron chi connectivity index (χ2n) is 5.60. The van der Waals surface area contributed by atoms with Crippen LogP contribution in [-0.2, 0) is 6.54 Å². The summed E-state index contributed by atoms with van der Waals surface area (Å²) in [5, 5.41) is 10.7. The average Bonchev–Trinajstić information content (AvgIpc) is 2.69. The number of hydrazone groups is 1. The number of aromatic nitrogens is 1. The third kappa shape index (κ3) is 5.76. The zero-order valence-corrected chi connectivity index (χ0v) is 16.5. The molecule has 0 aliphatic carbocycles. The number of nitrogens with one attached hydrogen (secondary N) is 1. The van der Waals surface area contributed by atoms with Crippen molar-refractivity contribution in [3.8, 4) is 0 Å². The number of hydrogen-bond donors (Lipinski definition) is 1. The molecule has 0 saturated heterocycles. The molecule has 0 spiro atoms. The minimum Gasteiger partial charge on any atom is -0.331 e. The number of nitrogens with zero attached hydrogens (tertiary/aromatic N) is 3. The molecule has 0 atom stereocenters. The van der Waals surface area contributed by atoms with Crippen LogP contribution in [0.15, 0.2) is 78.0 Å². The van der Waals surface area contributed by atoms with Crippen LogP contribution in [0.25, 0.3) is 0 Å². The molecule has 0 aliphatic heterocycles. The lowest BCUT2D eigenvalue weighted by Gasteiger charge is -2.21. The molecule has 0 amide bonds. The van der Waals surface area contributed by atoms with Crippen LogP contribution in [0.4, 0.5) is 5.69 Å². The number of halogens is 2. The molecule has 0 unspecified atom stereocenters. The molecule has 7 heteroatoms. The summed E-state index contributed by atoms with van der Waals surface area (Å²) in [5.74, 6) is 0. The van der Waals surface area contributed by atoms with E-state index in [-0.39, 0.29) is 0 Å². The zero-order chi connectivity index (χ0) is 19.1. The summed E-state index contributed by atoms with van der Waals surface area (Å²) >= 11 is 17.6. The second-order valence-corrected chi connectivity index (χ2v) is 6.80. The fraction of sp³-hybridized carbons (Fsp3) is 0.0500. The van der Waals surface area contributed by atoms with Crippen molar-refractivity contribution in [2.45, 2.75) is 6.54 Å². The summed E-state index contributed by atoms with van der Waals surface area (Å²) in [5.41, 5.74) is 2.56. The van der Waals surface area contributed by atoms with Crippen LogP contribution in [0, 0.1) is 0 Å². The molecule has 27 heavy (non-hydrogen) atoms. The standard InChI is InChI=1S/C20H16Cl2N4S/c21-18-10-9-16(12-19(18)22)25-20(27)26(14-15-6-2-1-3-7-15)24-13-17-8-4-5-11-23-17/h1-13H,14H2,(H,25,27)/b24-13-. The number of anilines is 1. The first-order chi connectivity index (χ1) is 13.1. The lowest BCUT2D eigenvalue weighted by Crippen LogP contribution is -2.30. The van der Waals surface area contributed by atoms with Crippen LogP contribution < -0.4 is 5.32 Å². The molecule has 1 aromatic heterocycles. The highest BCUT2D eigenvalue weighted by Gasteiger charge is 2.10. The lowest BCUT2D eigenvalue weighted by atomic mass is 10.2. The molecule has 0 bridgehead atoms. The van der Waals surface area contributed by atoms with E-state index >= 15 is 0 Å². The number of hydrogen-bond acceptors (Lipinski definition) is 3. The Labute approximate surface area is 173 Å². The predicted molar refractivity (Wildman–Crippen MR) is 116 cm³/mol. The minimum absolute atomic E-state index is 0.435. The highest BCUT2D eigenvalue weighted by atomic mass is 35.5. The van der Waals surface area contributed by atoms with E-state index in [4.69, 9.17) is 35.4 Å². The van der Waals surface area contributed by atoms with Crippen molar-refractivity contribution in [3.05, 3.63) is 94.2 Å². The highest BCUT2D eigenvalue weighted by molar-refractivity contribution is 7.80. The molecule has 0 aliphatic rings. The van der Waals surface area contributed by atoms with Crippen LogP contribution in [-0.4, -0.2) is 21.3 Å². The maximum Gasteiger partial charge on any atom is 0.194 e. The first-order valence-electron chi connectivity index (χ1n) is 8.14. The van der Waals surface area contributed by atoms with Gasteiger partial charge in [-0.2, -0.15) is 5.10 Å². The number of rotatable bonds is 5. The number of benzene rings is 2. The molecule has 0 radical (unpaired) electrons. The Hall–Kier alpha value is -2.47. The third-order valence-electron chi connectivity index (χ3n) is 3.60. The van der Waals surface area contributed by atoms with Gasteiger partial charge in [-0.1, -0.05) is 59.6 Å². The van der Waals surface area contributed by atoms with Crippen molar-refractivity contribution >= 4 is 52.4 Å². The molecular weight excluding hydrogens is 399 g/mol. The molecule has 4 nitrogen and oxygen atoms in total. The van der Waals surface area contributed by atoms with Crippen molar-refractivity contribution in [1.29, 1.82) is 0 Å². The summed E-state index contributed by atoms with van der Waals surface area (Å²) in [4.78, 5) is 4.25. The van der Waals surface area contributed by atoms with Crippen molar-refractivity contribution in [1.82, 2.24) is 9.99 Å².